The molecular weight excluding hydrogens is 302 g/mol. The van der Waals surface area contributed by atoms with Gasteiger partial charge in [-0.2, -0.15) is 0 Å². The molecule has 5 nitrogen and oxygen atoms in total. The third kappa shape index (κ3) is 4.63. The summed E-state index contributed by atoms with van der Waals surface area (Å²) in [5.41, 5.74) is 0. The summed E-state index contributed by atoms with van der Waals surface area (Å²) in [7, 11) is -3.70. The van der Waals surface area contributed by atoms with Crippen LogP contribution in [0.2, 0.25) is 5.02 Å². The van der Waals surface area contributed by atoms with Gasteiger partial charge in [0.15, 0.2) is 0 Å². The summed E-state index contributed by atoms with van der Waals surface area (Å²) in [6, 6.07) is 3.79. The third-order valence-electron chi connectivity index (χ3n) is 2.71. The van der Waals surface area contributed by atoms with Crippen LogP contribution in [0.4, 0.5) is 0 Å². The minimum absolute atomic E-state index is 0.0694. The molecule has 2 N–H and O–H groups in total. The van der Waals surface area contributed by atoms with E-state index < -0.39 is 16.1 Å². The summed E-state index contributed by atoms with van der Waals surface area (Å²) in [6.45, 7) is 3.96. The van der Waals surface area contributed by atoms with Gasteiger partial charge in [0.1, 0.15) is 5.75 Å². The smallest absolute Gasteiger partial charge is 0.241 e. The van der Waals surface area contributed by atoms with Crippen molar-refractivity contribution in [1.82, 2.24) is 4.72 Å². The molecule has 1 aromatic carbocycles. The molecule has 20 heavy (non-hydrogen) atoms. The molecule has 0 aromatic heterocycles. The van der Waals surface area contributed by atoms with Gasteiger partial charge in [-0.1, -0.05) is 25.4 Å². The first-order valence-corrected chi connectivity index (χ1v) is 8.36. The number of halogens is 1. The molecule has 0 bridgehead atoms. The second kappa shape index (κ2) is 7.83. The molecule has 0 unspecified atom stereocenters. The molecule has 0 saturated heterocycles. The Kier molecular flexibility index (Phi) is 6.75. The second-order valence-corrected chi connectivity index (χ2v) is 6.47. The van der Waals surface area contributed by atoms with Gasteiger partial charge in [0, 0.05) is 12.1 Å². The van der Waals surface area contributed by atoms with Crippen molar-refractivity contribution in [2.45, 2.75) is 37.6 Å². The predicted molar refractivity (Wildman–Crippen MR) is 78.7 cm³/mol. The van der Waals surface area contributed by atoms with Gasteiger partial charge in [-0.3, -0.25) is 0 Å². The van der Waals surface area contributed by atoms with E-state index in [2.05, 4.69) is 4.72 Å². The van der Waals surface area contributed by atoms with E-state index in [4.69, 9.17) is 21.4 Å². The maximum absolute atomic E-state index is 12.2. The number of hydrogen-bond acceptors (Lipinski definition) is 4. The molecule has 1 atom stereocenters. The number of aliphatic hydroxyl groups excluding tert-OH is 1. The standard InChI is InChI=1S/C13H20ClNO4S/c1-3-7-19-13-8-11(5-6-12(13)14)20(17,18)15-10(4-2)9-16/h5-6,8,10,15-16H,3-4,7,9H2,1-2H3/t10-/m1/s1. The fourth-order valence-corrected chi connectivity index (χ4v) is 3.01. The van der Waals surface area contributed by atoms with Crippen LogP contribution in [0.15, 0.2) is 23.1 Å². The van der Waals surface area contributed by atoms with Crippen LogP contribution in [-0.4, -0.2) is 32.8 Å². The van der Waals surface area contributed by atoms with Gasteiger partial charge in [-0.25, -0.2) is 13.1 Å². The van der Waals surface area contributed by atoms with Crippen LogP contribution in [0, 0.1) is 0 Å². The van der Waals surface area contributed by atoms with Crippen LogP contribution in [0.3, 0.4) is 0 Å². The number of rotatable bonds is 8. The lowest BCUT2D eigenvalue weighted by atomic mass is 10.3. The van der Waals surface area contributed by atoms with E-state index in [0.717, 1.165) is 6.42 Å². The fraction of sp³-hybridized carbons (Fsp3) is 0.538. The van der Waals surface area contributed by atoms with Crippen LogP contribution >= 0.6 is 11.6 Å². The van der Waals surface area contributed by atoms with E-state index in [-0.39, 0.29) is 11.5 Å². The van der Waals surface area contributed by atoms with E-state index in [0.29, 0.717) is 23.8 Å². The van der Waals surface area contributed by atoms with Crippen LogP contribution in [0.25, 0.3) is 0 Å². The van der Waals surface area contributed by atoms with E-state index >= 15 is 0 Å². The Hall–Kier alpha value is -0.820. The lowest BCUT2D eigenvalue weighted by molar-refractivity contribution is 0.254. The molecular formula is C13H20ClNO4S. The highest BCUT2D eigenvalue weighted by molar-refractivity contribution is 7.89. The summed E-state index contributed by atoms with van der Waals surface area (Å²) in [5, 5.41) is 9.45. The van der Waals surface area contributed by atoms with Gasteiger partial charge in [-0.15, -0.1) is 0 Å². The van der Waals surface area contributed by atoms with Crippen molar-refractivity contribution < 1.29 is 18.3 Å². The highest BCUT2D eigenvalue weighted by atomic mass is 35.5. The molecule has 0 fully saturated rings. The van der Waals surface area contributed by atoms with Gasteiger partial charge in [-0.05, 0) is 25.0 Å². The molecule has 1 rings (SSSR count). The van der Waals surface area contributed by atoms with Crippen molar-refractivity contribution in [3.05, 3.63) is 23.2 Å². The van der Waals surface area contributed by atoms with Crippen molar-refractivity contribution in [3.8, 4) is 5.75 Å². The molecule has 0 amide bonds. The van der Waals surface area contributed by atoms with Crippen LogP contribution < -0.4 is 9.46 Å². The van der Waals surface area contributed by atoms with Gasteiger partial charge < -0.3 is 9.84 Å². The zero-order chi connectivity index (χ0) is 15.2. The van der Waals surface area contributed by atoms with Crippen LogP contribution in [-0.2, 0) is 10.0 Å². The van der Waals surface area contributed by atoms with Gasteiger partial charge in [0.05, 0.1) is 23.1 Å². The number of aliphatic hydroxyl groups is 1. The Morgan fingerprint density at radius 1 is 1.40 bits per heavy atom. The minimum Gasteiger partial charge on any atom is -0.492 e. The Morgan fingerprint density at radius 2 is 2.10 bits per heavy atom. The first-order valence-electron chi connectivity index (χ1n) is 6.50. The highest BCUT2D eigenvalue weighted by Gasteiger charge is 2.20. The summed E-state index contributed by atoms with van der Waals surface area (Å²) < 4.78 is 32.2. The van der Waals surface area contributed by atoms with E-state index in [1.54, 1.807) is 6.92 Å². The summed E-state index contributed by atoms with van der Waals surface area (Å²) in [5.74, 6) is 0.341. The largest absolute Gasteiger partial charge is 0.492 e. The Morgan fingerprint density at radius 3 is 2.65 bits per heavy atom. The first kappa shape index (κ1) is 17.2. The van der Waals surface area contributed by atoms with E-state index in [1.807, 2.05) is 6.92 Å². The average Bonchev–Trinajstić information content (AvgIpc) is 2.43. The lowest BCUT2D eigenvalue weighted by Crippen LogP contribution is -2.36. The topological polar surface area (TPSA) is 75.6 Å². The predicted octanol–water partition coefficient (Wildman–Crippen LogP) is 2.18. The van der Waals surface area contributed by atoms with Crippen molar-refractivity contribution in [1.29, 1.82) is 0 Å². The van der Waals surface area contributed by atoms with Crippen molar-refractivity contribution in [2.24, 2.45) is 0 Å². The summed E-state index contributed by atoms with van der Waals surface area (Å²) in [4.78, 5) is 0.0694. The number of sulfonamides is 1. The maximum Gasteiger partial charge on any atom is 0.241 e. The molecule has 7 heteroatoms. The summed E-state index contributed by atoms with van der Waals surface area (Å²) in [6.07, 6.45) is 1.30. The molecule has 0 aliphatic carbocycles. The quantitative estimate of drug-likeness (QED) is 0.769. The van der Waals surface area contributed by atoms with E-state index in [1.165, 1.54) is 18.2 Å². The first-order chi connectivity index (χ1) is 9.44. The SMILES string of the molecule is CCCOc1cc(S(=O)(=O)N[C@H](CC)CO)ccc1Cl. The van der Waals surface area contributed by atoms with Crippen LogP contribution in [0.1, 0.15) is 26.7 Å². The minimum atomic E-state index is -3.70. The third-order valence-corrected chi connectivity index (χ3v) is 4.54. The number of ether oxygens (including phenoxy) is 1. The second-order valence-electron chi connectivity index (χ2n) is 4.35. The zero-order valence-electron chi connectivity index (χ0n) is 11.6. The average molecular weight is 322 g/mol. The van der Waals surface area contributed by atoms with E-state index in [9.17, 15) is 8.42 Å². The lowest BCUT2D eigenvalue weighted by Gasteiger charge is -2.15. The number of hydrogen-bond donors (Lipinski definition) is 2. The number of nitrogens with one attached hydrogen (secondary N) is 1. The molecule has 0 spiro atoms. The molecule has 0 radical (unpaired) electrons. The number of benzene rings is 1. The van der Waals surface area contributed by atoms with Gasteiger partial charge in [0.2, 0.25) is 10.0 Å². The molecule has 0 aliphatic rings. The van der Waals surface area contributed by atoms with Gasteiger partial charge in [0.25, 0.3) is 0 Å². The normalized spacial score (nSPS) is 13.2. The molecule has 1 aromatic rings. The Bertz CT molecular complexity index is 529. The molecule has 0 saturated carbocycles. The summed E-state index contributed by atoms with van der Waals surface area (Å²) >= 11 is 5.96. The Labute approximate surface area is 125 Å². The van der Waals surface area contributed by atoms with Crippen molar-refractivity contribution in [2.75, 3.05) is 13.2 Å². The molecule has 0 aliphatic heterocycles. The van der Waals surface area contributed by atoms with Gasteiger partial charge >= 0.3 is 0 Å². The monoisotopic (exact) mass is 321 g/mol. The molecule has 0 heterocycles. The fourth-order valence-electron chi connectivity index (χ4n) is 1.51. The highest BCUT2D eigenvalue weighted by Crippen LogP contribution is 2.27. The van der Waals surface area contributed by atoms with Crippen LogP contribution in [0.5, 0.6) is 5.75 Å². The van der Waals surface area contributed by atoms with Crippen molar-refractivity contribution >= 4 is 21.6 Å². The molecule has 114 valence electrons. The van der Waals surface area contributed by atoms with Crippen molar-refractivity contribution in [3.63, 3.8) is 0 Å². The zero-order valence-corrected chi connectivity index (χ0v) is 13.2. The maximum atomic E-state index is 12.2. The Balaban J connectivity index is 3.00.